The van der Waals surface area contributed by atoms with E-state index in [1.54, 1.807) is 17.0 Å². The Bertz CT molecular complexity index is 3620. The molecule has 7 heterocycles. The molecule has 42 heteroatoms. The van der Waals surface area contributed by atoms with E-state index in [0.717, 1.165) is 37.6 Å². The predicted molar refractivity (Wildman–Crippen MR) is 360 cm³/mol. The Labute approximate surface area is 596 Å². The third-order valence-electron chi connectivity index (χ3n) is 16.6. The zero-order valence-electron chi connectivity index (χ0n) is 56.3. The van der Waals surface area contributed by atoms with Gasteiger partial charge in [0.2, 0.25) is 29.5 Å². The Morgan fingerprint density at radius 2 is 1.47 bits per heavy atom. The maximum Gasteiger partial charge on any atom is 0.404 e. The van der Waals surface area contributed by atoms with Gasteiger partial charge >= 0.3 is 6.09 Å². The van der Waals surface area contributed by atoms with Crippen LogP contribution in [0.3, 0.4) is 0 Å². The lowest BCUT2D eigenvalue weighted by molar-refractivity contribution is -0.372. The van der Waals surface area contributed by atoms with Gasteiger partial charge in [-0.2, -0.15) is 0 Å². The van der Waals surface area contributed by atoms with Gasteiger partial charge in [0.1, 0.15) is 94.6 Å². The minimum atomic E-state index is -2.20. The summed E-state index contributed by atoms with van der Waals surface area (Å²) in [5, 5.41) is 112. The van der Waals surface area contributed by atoms with E-state index in [4.69, 9.17) is 52.4 Å². The molecule has 566 valence electrons. The number of hydrogen-bond acceptors (Lipinski definition) is 33. The van der Waals surface area contributed by atoms with E-state index in [1.807, 2.05) is 18.2 Å². The van der Waals surface area contributed by atoms with E-state index in [9.17, 15) is 74.4 Å². The molecule has 5 aromatic heterocycles. The number of nitrogens with one attached hydrogen (secondary N) is 8. The molecule has 2 aliphatic rings. The van der Waals surface area contributed by atoms with Crippen molar-refractivity contribution in [3.8, 4) is 10.7 Å². The molecule has 0 bridgehead atoms. The van der Waals surface area contributed by atoms with Crippen molar-refractivity contribution in [2.75, 3.05) is 51.7 Å². The quantitative estimate of drug-likeness (QED) is 0.0163. The fourth-order valence-electron chi connectivity index (χ4n) is 10.7. The number of nitrogens with two attached hydrogens (primary N) is 5. The number of aryl methyl sites for hydroxylation is 1. The number of aliphatic hydroxyl groups excluding tert-OH is 8. The molecule has 2 fully saturated rings. The van der Waals surface area contributed by atoms with Crippen molar-refractivity contribution in [2.24, 2.45) is 28.9 Å². The van der Waals surface area contributed by atoms with Gasteiger partial charge in [-0.15, -0.1) is 22.7 Å². The maximum absolute atomic E-state index is 15.2. The molecule has 0 aromatic carbocycles. The normalized spacial score (nSPS) is 23.1. The Morgan fingerprint density at radius 3 is 2.13 bits per heavy atom. The fourth-order valence-corrected chi connectivity index (χ4v) is 12.3. The Balaban J connectivity index is 1.06. The van der Waals surface area contributed by atoms with Gasteiger partial charge in [-0.25, -0.2) is 29.7 Å². The van der Waals surface area contributed by atoms with Gasteiger partial charge in [0.25, 0.3) is 11.8 Å². The van der Waals surface area contributed by atoms with Crippen LogP contribution in [-0.2, 0) is 60.5 Å². The maximum atomic E-state index is 15.2. The first kappa shape index (κ1) is 81.8. The molecule has 19 atom stereocenters. The molecule has 26 N–H and O–H groups in total. The van der Waals surface area contributed by atoms with Crippen LogP contribution in [0, 0.1) is 12.8 Å². The molecule has 0 saturated carbocycles. The fraction of sp³-hybridized carbons (Fsp3) is 0.574. The van der Waals surface area contributed by atoms with Crippen molar-refractivity contribution in [3.63, 3.8) is 0 Å². The standard InChI is InChI=1S/C61H89N19O21S2/c1-25-39(77-52(80-50(25)64)31(17-37(63)84)72-18-30(62)51(65)90)56(94)79-41(47(32-19-68-24-73-32)99-60-49(45(88)43(86)35(20-81)98-60)100-59-46(89)48(101-61(66)96)44(87)36(21-82)97-59)57(95)74-27(3)42(85)26(2)53(91)78-40(28(4)83)55(93)71-16-11-38-75-34(23-102-38)58-76-33(22-103-58)54(92)70-15-8-13-67-12-7-10-29-9-5-6-14-69-29/h5-6,9,14,19,22-24,26-28,30-31,35-36,40-49,59-60,67,72,81-83,85-89H,7-8,10-13,15-18,20-21,62H2,1-4H3,(H2,63,84)(H2,65,90)(H2,66,96)(H,68,73)(H,70,92)(H,71,93)(H,74,95)(H,78,91)(H,79,94)(H2,64,77,80)/t26-,27+,28+,30-,31-,35?,36?,40-,41-,42-,43?,44?,45?,46?,47-,48?,49?,59?,60?/m0/s1. The lowest BCUT2D eigenvalue weighted by Crippen LogP contribution is -2.65. The van der Waals surface area contributed by atoms with Crippen molar-refractivity contribution in [2.45, 2.75) is 170 Å². The number of H-pyrrole nitrogens is 1. The van der Waals surface area contributed by atoms with Gasteiger partial charge in [0.05, 0.1) is 72.7 Å². The first-order valence-corrected chi connectivity index (χ1v) is 34.3. The summed E-state index contributed by atoms with van der Waals surface area (Å²) in [4.78, 5) is 136. The number of thiazole rings is 2. The molecule has 2 aliphatic heterocycles. The van der Waals surface area contributed by atoms with E-state index in [0.29, 0.717) is 35.2 Å². The molecule has 10 unspecified atom stereocenters. The van der Waals surface area contributed by atoms with Crippen LogP contribution in [0.5, 0.6) is 0 Å². The van der Waals surface area contributed by atoms with Crippen molar-refractivity contribution >= 4 is 75.9 Å². The number of primary amides is 3. The first-order chi connectivity index (χ1) is 49.0. The lowest BCUT2D eigenvalue weighted by atomic mass is 9.96. The number of anilines is 1. The van der Waals surface area contributed by atoms with Crippen LogP contribution in [0.1, 0.15) is 101 Å². The average molecular weight is 1490 g/mol. The summed E-state index contributed by atoms with van der Waals surface area (Å²) < 4.78 is 28.8. The number of ether oxygens (including phenoxy) is 5. The average Bonchev–Trinajstić information content (AvgIpc) is 0.884. The van der Waals surface area contributed by atoms with E-state index in [2.05, 4.69) is 72.1 Å². The molecule has 103 heavy (non-hydrogen) atoms. The number of imidazole rings is 1. The predicted octanol–water partition coefficient (Wildman–Crippen LogP) is -6.96. The van der Waals surface area contributed by atoms with Gasteiger partial charge in [-0.05, 0) is 65.3 Å². The van der Waals surface area contributed by atoms with Crippen LogP contribution in [0.4, 0.5) is 10.6 Å². The van der Waals surface area contributed by atoms with E-state index in [1.165, 1.54) is 50.4 Å². The van der Waals surface area contributed by atoms with Crippen LogP contribution in [0.25, 0.3) is 10.7 Å². The summed E-state index contributed by atoms with van der Waals surface area (Å²) >= 11 is 2.51. The molecular weight excluding hydrogens is 1400 g/mol. The van der Waals surface area contributed by atoms with Gasteiger partial charge < -0.3 is 135 Å². The zero-order chi connectivity index (χ0) is 75.4. The highest BCUT2D eigenvalue weighted by Gasteiger charge is 2.54. The Morgan fingerprint density at radius 1 is 0.748 bits per heavy atom. The molecular formula is C61H89N19O21S2. The second kappa shape index (κ2) is 38.8. The van der Waals surface area contributed by atoms with Crippen molar-refractivity contribution in [1.29, 1.82) is 0 Å². The van der Waals surface area contributed by atoms with Crippen molar-refractivity contribution in [3.05, 3.63) is 86.9 Å². The Kier molecular flexibility index (Phi) is 30.8. The Hall–Kier alpha value is -8.54. The summed E-state index contributed by atoms with van der Waals surface area (Å²) in [6.45, 7) is 4.60. The number of pyridine rings is 1. The topological polar surface area (TPSA) is 652 Å². The third-order valence-corrected chi connectivity index (χ3v) is 18.4. The summed E-state index contributed by atoms with van der Waals surface area (Å²) in [5.74, 6) is -8.75. The lowest BCUT2D eigenvalue weighted by Gasteiger charge is -2.47. The molecule has 2 saturated heterocycles. The minimum Gasteiger partial charge on any atom is -0.441 e. The highest BCUT2D eigenvalue weighted by atomic mass is 32.1. The highest BCUT2D eigenvalue weighted by Crippen LogP contribution is 2.35. The van der Waals surface area contributed by atoms with E-state index >= 15 is 4.79 Å². The first-order valence-electron chi connectivity index (χ1n) is 32.6. The molecule has 5 aromatic rings. The van der Waals surface area contributed by atoms with Gasteiger partial charge in [0, 0.05) is 60.7 Å². The summed E-state index contributed by atoms with van der Waals surface area (Å²) in [7, 11) is 0. The number of aromatic nitrogens is 7. The second-order valence-electron chi connectivity index (χ2n) is 24.3. The number of hydrogen-bond donors (Lipinski definition) is 21. The number of aromatic amines is 1. The molecule has 0 aliphatic carbocycles. The van der Waals surface area contributed by atoms with Crippen LogP contribution >= 0.6 is 22.7 Å². The molecule has 8 amide bonds. The number of carbonyl (C=O) groups excluding carboxylic acids is 8. The van der Waals surface area contributed by atoms with Crippen LogP contribution in [-0.4, -0.2) is 267 Å². The van der Waals surface area contributed by atoms with Crippen LogP contribution in [0.2, 0.25) is 0 Å². The molecule has 0 radical (unpaired) electrons. The van der Waals surface area contributed by atoms with Crippen molar-refractivity contribution < 1.29 is 103 Å². The van der Waals surface area contributed by atoms with Crippen LogP contribution in [0.15, 0.2) is 47.7 Å². The summed E-state index contributed by atoms with van der Waals surface area (Å²) in [5.41, 5.74) is 29.1. The largest absolute Gasteiger partial charge is 0.441 e. The smallest absolute Gasteiger partial charge is 0.404 e. The number of nitrogens with zero attached hydrogens (tertiary/aromatic N) is 6. The molecule has 40 nitrogen and oxygen atoms in total. The second-order valence-corrected chi connectivity index (χ2v) is 26.1. The number of aliphatic hydroxyl groups is 8. The minimum absolute atomic E-state index is 0.0167. The van der Waals surface area contributed by atoms with Gasteiger partial charge in [-0.1, -0.05) is 13.0 Å². The summed E-state index contributed by atoms with van der Waals surface area (Å²) in [6.07, 6.45) is -20.9. The third kappa shape index (κ3) is 22.5. The highest BCUT2D eigenvalue weighted by molar-refractivity contribution is 7.14. The van der Waals surface area contributed by atoms with E-state index in [-0.39, 0.29) is 54.0 Å². The van der Waals surface area contributed by atoms with E-state index < -0.39 is 183 Å². The monoisotopic (exact) mass is 1490 g/mol. The molecule has 7 rings (SSSR count). The van der Waals surface area contributed by atoms with Crippen molar-refractivity contribution in [1.82, 2.24) is 72.1 Å². The summed E-state index contributed by atoms with van der Waals surface area (Å²) in [6, 6.07) is -2.06. The van der Waals surface area contributed by atoms with Crippen LogP contribution < -0.4 is 65.9 Å². The zero-order valence-corrected chi connectivity index (χ0v) is 58.0. The number of rotatable bonds is 39. The number of nitrogen functional groups attached to an aromatic ring is 1. The van der Waals surface area contributed by atoms with Gasteiger partial charge in [0.15, 0.2) is 18.7 Å². The van der Waals surface area contributed by atoms with Gasteiger partial charge in [-0.3, -0.25) is 38.5 Å². The number of carbonyl (C=O) groups is 8. The number of amides is 8. The molecule has 0 spiro atoms. The SMILES string of the molecule is Cc1c(N)nc([C@H](CC(N)=O)NC[C@H](N)C(N)=O)nc1C(=O)N[C@H](C(=O)N[C@H](C)[C@@H](O)[C@H](C)C(=O)N[C@H](C(=O)NCCc1nc(-c2nc(C(=O)NCCCNCCCc3ccccn3)cs2)cs1)[C@@H](C)O)[C@@H](OC1OC(CO)C(O)C(O)C1OC1OC(CO)C(O)C(OC(N)=O)C1O)c1cnc[nH]1.